The van der Waals surface area contributed by atoms with Gasteiger partial charge >= 0.3 is 5.97 Å². The van der Waals surface area contributed by atoms with Gasteiger partial charge in [-0.05, 0) is 18.2 Å². The molecule has 0 aliphatic heterocycles. The second kappa shape index (κ2) is 6.35. The van der Waals surface area contributed by atoms with E-state index in [2.05, 4.69) is 15.5 Å². The fraction of sp³-hybridized carbons (Fsp3) is 0.188. The van der Waals surface area contributed by atoms with Gasteiger partial charge in [0.05, 0.1) is 19.2 Å². The third-order valence-corrected chi connectivity index (χ3v) is 3.39. The summed E-state index contributed by atoms with van der Waals surface area (Å²) in [7, 11) is 3.21. The van der Waals surface area contributed by atoms with Crippen LogP contribution in [0.4, 0.5) is 5.95 Å². The number of aromatic nitrogens is 3. The van der Waals surface area contributed by atoms with Gasteiger partial charge in [0.25, 0.3) is 0 Å². The van der Waals surface area contributed by atoms with Crippen molar-refractivity contribution in [3.8, 4) is 11.3 Å². The van der Waals surface area contributed by atoms with Gasteiger partial charge in [-0.1, -0.05) is 18.2 Å². The van der Waals surface area contributed by atoms with Gasteiger partial charge in [-0.3, -0.25) is 0 Å². The van der Waals surface area contributed by atoms with E-state index in [1.54, 1.807) is 23.0 Å². The second-order valence-electron chi connectivity index (χ2n) is 4.92. The van der Waals surface area contributed by atoms with Crippen molar-refractivity contribution in [2.45, 2.75) is 6.54 Å². The number of nitrogens with one attached hydrogen (secondary N) is 1. The maximum Gasteiger partial charge on any atom is 0.338 e. The summed E-state index contributed by atoms with van der Waals surface area (Å²) in [5, 5.41) is 10.9. The molecule has 118 valence electrons. The third kappa shape index (κ3) is 3.08. The molecule has 0 spiro atoms. The highest BCUT2D eigenvalue weighted by molar-refractivity contribution is 5.96. The molecule has 7 nitrogen and oxygen atoms in total. The van der Waals surface area contributed by atoms with E-state index >= 15 is 0 Å². The van der Waals surface area contributed by atoms with Gasteiger partial charge in [-0.25, -0.2) is 4.79 Å². The molecule has 0 bridgehead atoms. The van der Waals surface area contributed by atoms with E-state index in [4.69, 9.17) is 9.15 Å². The number of rotatable bonds is 5. The molecular formula is C16H16N4O3. The number of benzene rings is 1. The van der Waals surface area contributed by atoms with Crippen LogP contribution in [0.15, 0.2) is 47.1 Å². The Hall–Kier alpha value is -3.09. The standard InChI is InChI=1S/C16H16N4O3/c1-20-10-18-19-16(20)17-9-11-7-8-14(23-11)12-5-3-4-6-13(12)15(21)22-2/h3-8,10H,9H2,1-2H3,(H,17,19). The molecule has 0 aliphatic rings. The number of hydrogen-bond acceptors (Lipinski definition) is 6. The van der Waals surface area contributed by atoms with Gasteiger partial charge in [0.15, 0.2) is 0 Å². The zero-order valence-corrected chi connectivity index (χ0v) is 12.8. The Balaban J connectivity index is 1.80. The van der Waals surface area contributed by atoms with Crippen LogP contribution in [0.3, 0.4) is 0 Å². The summed E-state index contributed by atoms with van der Waals surface area (Å²) >= 11 is 0. The first kappa shape index (κ1) is 14.8. The first-order valence-corrected chi connectivity index (χ1v) is 7.03. The van der Waals surface area contributed by atoms with Gasteiger partial charge in [0.2, 0.25) is 5.95 Å². The summed E-state index contributed by atoms with van der Waals surface area (Å²) in [4.78, 5) is 11.8. The maximum atomic E-state index is 11.8. The monoisotopic (exact) mass is 312 g/mol. The molecule has 0 amide bonds. The maximum absolute atomic E-state index is 11.8. The first-order chi connectivity index (χ1) is 11.2. The Kier molecular flexibility index (Phi) is 4.09. The van der Waals surface area contributed by atoms with Crippen LogP contribution in [-0.4, -0.2) is 27.8 Å². The number of carbonyl (C=O) groups excluding carboxylic acids is 1. The SMILES string of the molecule is COC(=O)c1ccccc1-c1ccc(CNc2nncn2C)o1. The predicted octanol–water partition coefficient (Wildman–Crippen LogP) is 2.47. The molecule has 0 radical (unpaired) electrons. The van der Waals surface area contributed by atoms with Crippen LogP contribution in [0.2, 0.25) is 0 Å². The minimum atomic E-state index is -0.393. The molecular weight excluding hydrogens is 296 g/mol. The summed E-state index contributed by atoms with van der Waals surface area (Å²) in [5.41, 5.74) is 1.17. The van der Waals surface area contributed by atoms with Crippen LogP contribution in [0.25, 0.3) is 11.3 Å². The molecule has 0 unspecified atom stereocenters. The molecule has 2 aromatic heterocycles. The molecule has 23 heavy (non-hydrogen) atoms. The Bertz CT molecular complexity index is 822. The highest BCUT2D eigenvalue weighted by Gasteiger charge is 2.15. The summed E-state index contributed by atoms with van der Waals surface area (Å²) in [6, 6.07) is 10.9. The Morgan fingerprint density at radius 3 is 2.87 bits per heavy atom. The van der Waals surface area contributed by atoms with Crippen molar-refractivity contribution < 1.29 is 13.9 Å². The van der Waals surface area contributed by atoms with Gasteiger partial charge in [0.1, 0.15) is 17.8 Å². The fourth-order valence-corrected chi connectivity index (χ4v) is 2.21. The average Bonchev–Trinajstić information content (AvgIpc) is 3.21. The molecule has 0 saturated carbocycles. The zero-order chi connectivity index (χ0) is 16.2. The molecule has 3 aromatic rings. The first-order valence-electron chi connectivity index (χ1n) is 7.03. The Morgan fingerprint density at radius 2 is 2.13 bits per heavy atom. The highest BCUT2D eigenvalue weighted by Crippen LogP contribution is 2.26. The summed E-state index contributed by atoms with van der Waals surface area (Å²) in [5.74, 6) is 1.59. The van der Waals surface area contributed by atoms with Crippen LogP contribution < -0.4 is 5.32 Å². The van der Waals surface area contributed by atoms with E-state index in [1.807, 2.05) is 31.3 Å². The lowest BCUT2D eigenvalue weighted by Crippen LogP contribution is -2.04. The number of nitrogens with zero attached hydrogens (tertiary/aromatic N) is 3. The van der Waals surface area contributed by atoms with Gasteiger partial charge < -0.3 is 19.0 Å². The van der Waals surface area contributed by atoms with E-state index < -0.39 is 5.97 Å². The lowest BCUT2D eigenvalue weighted by Gasteiger charge is -2.05. The largest absolute Gasteiger partial charge is 0.465 e. The highest BCUT2D eigenvalue weighted by atomic mass is 16.5. The number of ether oxygens (including phenoxy) is 1. The predicted molar refractivity (Wildman–Crippen MR) is 83.8 cm³/mol. The number of hydrogen-bond donors (Lipinski definition) is 1. The quantitative estimate of drug-likeness (QED) is 0.729. The second-order valence-corrected chi connectivity index (χ2v) is 4.92. The van der Waals surface area contributed by atoms with Crippen molar-refractivity contribution in [3.05, 3.63) is 54.0 Å². The smallest absolute Gasteiger partial charge is 0.338 e. The molecule has 3 rings (SSSR count). The van der Waals surface area contributed by atoms with Crippen molar-refractivity contribution in [2.75, 3.05) is 12.4 Å². The van der Waals surface area contributed by atoms with Crippen molar-refractivity contribution in [2.24, 2.45) is 7.05 Å². The summed E-state index contributed by atoms with van der Waals surface area (Å²) in [6.07, 6.45) is 1.61. The van der Waals surface area contributed by atoms with Crippen LogP contribution in [-0.2, 0) is 18.3 Å². The van der Waals surface area contributed by atoms with Crippen molar-refractivity contribution in [3.63, 3.8) is 0 Å². The number of methoxy groups -OCH3 is 1. The van der Waals surface area contributed by atoms with Crippen LogP contribution >= 0.6 is 0 Å². The van der Waals surface area contributed by atoms with Crippen molar-refractivity contribution in [1.82, 2.24) is 14.8 Å². The van der Waals surface area contributed by atoms with Crippen LogP contribution in [0.1, 0.15) is 16.1 Å². The van der Waals surface area contributed by atoms with Crippen molar-refractivity contribution in [1.29, 1.82) is 0 Å². The van der Waals surface area contributed by atoms with Crippen LogP contribution in [0, 0.1) is 0 Å². The van der Waals surface area contributed by atoms with Gasteiger partial charge in [-0.2, -0.15) is 0 Å². The molecule has 7 heteroatoms. The van der Waals surface area contributed by atoms with Crippen molar-refractivity contribution >= 4 is 11.9 Å². The topological polar surface area (TPSA) is 82.2 Å². The number of aryl methyl sites for hydroxylation is 1. The van der Waals surface area contributed by atoms with E-state index in [0.717, 1.165) is 5.76 Å². The number of furan rings is 1. The molecule has 0 atom stereocenters. The van der Waals surface area contributed by atoms with E-state index in [9.17, 15) is 4.79 Å². The summed E-state index contributed by atoms with van der Waals surface area (Å²) < 4.78 is 12.4. The molecule has 2 heterocycles. The molecule has 1 aromatic carbocycles. The van der Waals surface area contributed by atoms with Gasteiger partial charge in [0, 0.05) is 12.6 Å². The molecule has 0 aliphatic carbocycles. The molecule has 1 N–H and O–H groups in total. The van der Waals surface area contributed by atoms with E-state index in [1.165, 1.54) is 7.11 Å². The number of carbonyl (C=O) groups is 1. The lowest BCUT2D eigenvalue weighted by atomic mass is 10.1. The average molecular weight is 312 g/mol. The number of anilines is 1. The van der Waals surface area contributed by atoms with Gasteiger partial charge in [-0.15, -0.1) is 10.2 Å². The Labute approximate surface area is 132 Å². The van der Waals surface area contributed by atoms with E-state index in [0.29, 0.717) is 29.4 Å². The fourth-order valence-electron chi connectivity index (χ4n) is 2.21. The Morgan fingerprint density at radius 1 is 1.30 bits per heavy atom. The molecule has 0 saturated heterocycles. The minimum absolute atomic E-state index is 0.393. The molecule has 0 fully saturated rings. The minimum Gasteiger partial charge on any atom is -0.465 e. The normalized spacial score (nSPS) is 10.5. The zero-order valence-electron chi connectivity index (χ0n) is 12.8. The van der Waals surface area contributed by atoms with Crippen LogP contribution in [0.5, 0.6) is 0 Å². The summed E-state index contributed by atoms with van der Waals surface area (Å²) in [6.45, 7) is 0.465. The lowest BCUT2D eigenvalue weighted by molar-refractivity contribution is 0.0601. The number of esters is 1. The third-order valence-electron chi connectivity index (χ3n) is 3.39. The van der Waals surface area contributed by atoms with E-state index in [-0.39, 0.29) is 0 Å².